The Labute approximate surface area is 374 Å². The highest BCUT2D eigenvalue weighted by molar-refractivity contribution is 7.99. The van der Waals surface area contributed by atoms with Gasteiger partial charge in [-0.15, -0.1) is 11.8 Å². The molecule has 4 aromatic rings. The van der Waals surface area contributed by atoms with Crippen LogP contribution in [-0.4, -0.2) is 116 Å². The van der Waals surface area contributed by atoms with Crippen molar-refractivity contribution in [2.75, 3.05) is 30.7 Å². The Bertz CT molecular complexity index is 2790. The maximum atomic E-state index is 15.5. The van der Waals surface area contributed by atoms with Crippen molar-refractivity contribution in [3.63, 3.8) is 0 Å². The zero-order chi connectivity index (χ0) is 46.4. The Hall–Kier alpha value is -5.68. The quantitative estimate of drug-likeness (QED) is 0.0853. The number of anilines is 1. The topological polar surface area (TPSA) is 199 Å². The van der Waals surface area contributed by atoms with Crippen molar-refractivity contribution in [2.24, 2.45) is 0 Å². The molecule has 4 fully saturated rings. The average Bonchev–Trinajstić information content (AvgIpc) is 3.49. The smallest absolute Gasteiger partial charge is 0.380 e. The average molecular weight is 957 g/mol. The normalized spacial score (nSPS) is 20.8. The van der Waals surface area contributed by atoms with Gasteiger partial charge < -0.3 is 5.32 Å². The number of carbonyl (C=O) groups is 5. The van der Waals surface area contributed by atoms with Gasteiger partial charge in [-0.05, 0) is 73.9 Å². The maximum Gasteiger partial charge on any atom is 0.501 e. The summed E-state index contributed by atoms with van der Waals surface area (Å²) in [6, 6.07) is 19.0. The summed E-state index contributed by atoms with van der Waals surface area (Å²) in [5.74, 6) is -4.38. The van der Waals surface area contributed by atoms with E-state index in [9.17, 15) is 54.0 Å². The second-order valence-electron chi connectivity index (χ2n) is 16.1. The number of carbonyl (C=O) groups excluding carboxylic acids is 5. The molecule has 0 radical (unpaired) electrons. The van der Waals surface area contributed by atoms with Gasteiger partial charge in [-0.25, -0.2) is 25.9 Å². The Morgan fingerprint density at radius 3 is 2.15 bits per heavy atom. The number of hydrogen-bond acceptors (Lipinski definition) is 13. The second-order valence-corrected chi connectivity index (χ2v) is 20.8. The number of rotatable bonds is 15. The van der Waals surface area contributed by atoms with E-state index in [1.807, 2.05) is 35.2 Å². The molecule has 4 saturated heterocycles. The molecule has 65 heavy (non-hydrogen) atoms. The molecule has 3 N–H and O–H groups in total. The molecule has 0 spiro atoms. The van der Waals surface area contributed by atoms with Crippen molar-refractivity contribution in [1.29, 1.82) is 0 Å². The minimum atomic E-state index is -6.13. The molecule has 2 bridgehead atoms. The van der Waals surface area contributed by atoms with E-state index < -0.39 is 88.3 Å². The molecule has 0 aliphatic carbocycles. The number of piperazine rings is 1. The maximum absolute atomic E-state index is 15.5. The summed E-state index contributed by atoms with van der Waals surface area (Å²) in [7, 11) is -11.0. The fourth-order valence-corrected chi connectivity index (χ4v) is 11.6. The Morgan fingerprint density at radius 2 is 1.51 bits per heavy atom. The van der Waals surface area contributed by atoms with Crippen LogP contribution >= 0.6 is 11.8 Å². The minimum Gasteiger partial charge on any atom is -0.380 e. The molecule has 9 rings (SSSR count). The number of imide groups is 2. The van der Waals surface area contributed by atoms with Crippen LogP contribution in [-0.2, 0) is 36.0 Å². The molecule has 15 nitrogen and oxygen atoms in total. The summed E-state index contributed by atoms with van der Waals surface area (Å²) >= 11 is 1.38. The van der Waals surface area contributed by atoms with E-state index >= 15 is 4.39 Å². The summed E-state index contributed by atoms with van der Waals surface area (Å²) in [6.45, 7) is 1.51. The first-order valence-corrected chi connectivity index (χ1v) is 24.3. The van der Waals surface area contributed by atoms with Crippen molar-refractivity contribution in [3.05, 3.63) is 119 Å². The molecule has 22 heteroatoms. The fraction of sp³-hybridized carbons (Fsp3) is 0.326. The SMILES string of the molecule is O=C1CCC(N2C(=O)c3cc(F)c(CN4CC5CC(C4)N5CC[C@H](CSc4ccccc4)Nc4ccc(S(=O)(=O)NC(=O)c5ccccc5)cc4S(=O)(=O)C(F)(F)F)cc3C2=O)C(=O)N1. The molecule has 0 saturated carbocycles. The molecular formula is C43H40F4N6O9S3. The zero-order valence-corrected chi connectivity index (χ0v) is 36.5. The van der Waals surface area contributed by atoms with Gasteiger partial charge in [0.2, 0.25) is 11.8 Å². The van der Waals surface area contributed by atoms with Gasteiger partial charge in [0.1, 0.15) is 16.8 Å². The van der Waals surface area contributed by atoms with Crippen LogP contribution in [0.15, 0.2) is 106 Å². The number of fused-ring (bicyclic) bond motifs is 3. The Morgan fingerprint density at radius 1 is 0.862 bits per heavy atom. The van der Waals surface area contributed by atoms with Crippen LogP contribution in [0.3, 0.4) is 0 Å². The predicted octanol–water partition coefficient (Wildman–Crippen LogP) is 4.56. The number of piperidine rings is 2. The van der Waals surface area contributed by atoms with E-state index in [-0.39, 0.29) is 59.5 Å². The number of nitrogens with one attached hydrogen (secondary N) is 3. The van der Waals surface area contributed by atoms with Crippen LogP contribution in [0.4, 0.5) is 23.2 Å². The van der Waals surface area contributed by atoms with Crippen LogP contribution in [0.5, 0.6) is 0 Å². The van der Waals surface area contributed by atoms with Crippen molar-refractivity contribution in [3.8, 4) is 0 Å². The van der Waals surface area contributed by atoms with Gasteiger partial charge in [-0.2, -0.15) is 13.2 Å². The molecule has 5 heterocycles. The monoisotopic (exact) mass is 956 g/mol. The number of alkyl halides is 3. The fourth-order valence-electron chi connectivity index (χ4n) is 8.57. The number of hydrogen-bond donors (Lipinski definition) is 3. The highest BCUT2D eigenvalue weighted by atomic mass is 32.2. The van der Waals surface area contributed by atoms with E-state index in [0.717, 1.165) is 34.4 Å². The van der Waals surface area contributed by atoms with Crippen molar-refractivity contribution in [2.45, 2.75) is 76.6 Å². The zero-order valence-electron chi connectivity index (χ0n) is 34.1. The summed E-state index contributed by atoms with van der Waals surface area (Å²) in [5, 5.41) is 5.09. The summed E-state index contributed by atoms with van der Waals surface area (Å²) in [4.78, 5) is 67.0. The number of amides is 5. The molecule has 5 aliphatic heterocycles. The first-order valence-electron chi connectivity index (χ1n) is 20.3. The van der Waals surface area contributed by atoms with Gasteiger partial charge in [0.05, 0.1) is 21.7 Å². The van der Waals surface area contributed by atoms with E-state index in [0.29, 0.717) is 32.1 Å². The Kier molecular flexibility index (Phi) is 12.7. The molecule has 4 atom stereocenters. The van der Waals surface area contributed by atoms with Crippen LogP contribution in [0, 0.1) is 5.82 Å². The van der Waals surface area contributed by atoms with E-state index in [1.54, 1.807) is 10.8 Å². The number of thioether (sulfide) groups is 1. The van der Waals surface area contributed by atoms with E-state index in [2.05, 4.69) is 15.5 Å². The number of sulfonamides is 1. The molecule has 3 unspecified atom stereocenters. The lowest BCUT2D eigenvalue weighted by Gasteiger charge is -2.57. The lowest BCUT2D eigenvalue weighted by atomic mass is 9.86. The molecule has 342 valence electrons. The third-order valence-corrected chi connectivity index (χ3v) is 15.9. The predicted molar refractivity (Wildman–Crippen MR) is 227 cm³/mol. The Balaban J connectivity index is 0.967. The van der Waals surface area contributed by atoms with E-state index in [1.165, 1.54) is 42.1 Å². The highest BCUT2D eigenvalue weighted by Crippen LogP contribution is 2.38. The van der Waals surface area contributed by atoms with Gasteiger partial charge in [0, 0.05) is 72.5 Å². The number of benzene rings is 4. The van der Waals surface area contributed by atoms with Gasteiger partial charge in [0.15, 0.2) is 0 Å². The number of nitrogens with zero attached hydrogens (tertiary/aromatic N) is 3. The third kappa shape index (κ3) is 9.40. The van der Waals surface area contributed by atoms with Gasteiger partial charge in [0.25, 0.3) is 37.6 Å². The molecule has 0 aromatic heterocycles. The summed E-state index contributed by atoms with van der Waals surface area (Å²) in [6.07, 6.45) is 1.01. The molecule has 4 aromatic carbocycles. The molecule has 5 amide bonds. The van der Waals surface area contributed by atoms with Gasteiger partial charge in [-0.3, -0.25) is 44.0 Å². The van der Waals surface area contributed by atoms with Crippen molar-refractivity contribution >= 4 is 66.8 Å². The van der Waals surface area contributed by atoms with Gasteiger partial charge in [-0.1, -0.05) is 36.4 Å². The summed E-state index contributed by atoms with van der Waals surface area (Å²) in [5.41, 5.74) is -6.38. The van der Waals surface area contributed by atoms with Crippen LogP contribution in [0.25, 0.3) is 0 Å². The first kappa shape index (κ1) is 45.9. The third-order valence-electron chi connectivity index (χ3n) is 11.8. The van der Waals surface area contributed by atoms with Crippen LogP contribution < -0.4 is 15.4 Å². The highest BCUT2D eigenvalue weighted by Gasteiger charge is 2.49. The number of sulfone groups is 1. The largest absolute Gasteiger partial charge is 0.501 e. The lowest BCUT2D eigenvalue weighted by Crippen LogP contribution is -2.68. The minimum absolute atomic E-state index is 0.00311. The standard InChI is InChI=1S/C43H40F4N6O9S3/c44-34-20-33-32(41(57)53(42(33)58)36-13-14-38(54)49-40(36)56)17-26(34)21-51-22-28-18-29(23-51)52(28)16-15-27(24-63-30-9-5-2-6-10-30)48-35-12-11-31(19-37(35)64(59,60)43(45,46)47)65(61,62)50-39(55)25-7-3-1-4-8-25/h1-12,17,19-20,27-29,36,48H,13-16,18,21-24H2,(H,50,55)(H,49,54,56)/t27-,28?,29?,36?/m1/s1. The van der Waals surface area contributed by atoms with E-state index in [4.69, 9.17) is 0 Å². The van der Waals surface area contributed by atoms with Crippen molar-refractivity contribution in [1.82, 2.24) is 24.7 Å². The molecule has 5 aliphatic rings. The van der Waals surface area contributed by atoms with Crippen LogP contribution in [0.1, 0.15) is 62.3 Å². The van der Waals surface area contributed by atoms with Crippen molar-refractivity contribution < 1.29 is 58.4 Å². The number of halogens is 4. The molecular weight excluding hydrogens is 917 g/mol. The van der Waals surface area contributed by atoms with Crippen LogP contribution in [0.2, 0.25) is 0 Å². The first-order chi connectivity index (χ1) is 30.8. The lowest BCUT2D eigenvalue weighted by molar-refractivity contribution is -0.136. The second kappa shape index (κ2) is 17.9. The van der Waals surface area contributed by atoms with Gasteiger partial charge >= 0.3 is 5.51 Å². The summed E-state index contributed by atoms with van der Waals surface area (Å²) < 4.78 is 112.